The molecule has 130 valence electrons. The van der Waals surface area contributed by atoms with E-state index in [1.807, 2.05) is 0 Å². The second-order valence-electron chi connectivity index (χ2n) is 5.52. The SMILES string of the molecule is O=C(c1ccc(Cl)c(Cl)c1)N1CCN(C(=O)c2ccc(=O)[nH]n2)CC1. The molecular weight excluding hydrogens is 367 g/mol. The third-order valence-electron chi connectivity index (χ3n) is 3.92. The number of nitrogens with zero attached hydrogens (tertiary/aromatic N) is 3. The average Bonchev–Trinajstić information content (AvgIpc) is 2.63. The van der Waals surface area contributed by atoms with Gasteiger partial charge in [0.25, 0.3) is 17.4 Å². The Balaban J connectivity index is 1.64. The van der Waals surface area contributed by atoms with E-state index in [0.717, 1.165) is 0 Å². The Morgan fingerprint density at radius 2 is 1.56 bits per heavy atom. The van der Waals surface area contributed by atoms with Crippen LogP contribution in [0.1, 0.15) is 20.8 Å². The monoisotopic (exact) mass is 380 g/mol. The van der Waals surface area contributed by atoms with Gasteiger partial charge in [-0.3, -0.25) is 14.4 Å². The molecule has 0 atom stereocenters. The number of hydrogen-bond donors (Lipinski definition) is 1. The fourth-order valence-electron chi connectivity index (χ4n) is 2.55. The van der Waals surface area contributed by atoms with Crippen molar-refractivity contribution in [2.75, 3.05) is 26.2 Å². The number of nitrogens with one attached hydrogen (secondary N) is 1. The molecule has 0 aliphatic carbocycles. The van der Waals surface area contributed by atoms with Crippen molar-refractivity contribution in [2.45, 2.75) is 0 Å². The van der Waals surface area contributed by atoms with E-state index in [1.54, 1.807) is 21.9 Å². The summed E-state index contributed by atoms with van der Waals surface area (Å²) < 4.78 is 0. The second-order valence-corrected chi connectivity index (χ2v) is 6.33. The number of aromatic amines is 1. The van der Waals surface area contributed by atoms with Crippen LogP contribution < -0.4 is 5.56 Å². The lowest BCUT2D eigenvalue weighted by atomic mass is 10.1. The van der Waals surface area contributed by atoms with Gasteiger partial charge in [-0.15, -0.1) is 0 Å². The van der Waals surface area contributed by atoms with Crippen LogP contribution in [-0.4, -0.2) is 58.0 Å². The Hall–Kier alpha value is -2.38. The molecule has 9 heteroatoms. The molecular formula is C16H14Cl2N4O3. The maximum absolute atomic E-state index is 12.5. The van der Waals surface area contributed by atoms with E-state index in [4.69, 9.17) is 23.2 Å². The molecule has 3 rings (SSSR count). The molecule has 2 aromatic rings. The van der Waals surface area contributed by atoms with Crippen LogP contribution in [0.25, 0.3) is 0 Å². The van der Waals surface area contributed by atoms with E-state index in [0.29, 0.717) is 41.8 Å². The molecule has 2 heterocycles. The minimum Gasteiger partial charge on any atom is -0.335 e. The molecule has 1 aromatic carbocycles. The first-order valence-corrected chi connectivity index (χ1v) is 8.30. The topological polar surface area (TPSA) is 86.4 Å². The van der Waals surface area contributed by atoms with Crippen molar-refractivity contribution in [3.05, 3.63) is 62.0 Å². The van der Waals surface area contributed by atoms with Gasteiger partial charge >= 0.3 is 0 Å². The van der Waals surface area contributed by atoms with Crippen molar-refractivity contribution >= 4 is 35.0 Å². The van der Waals surface area contributed by atoms with E-state index in [1.165, 1.54) is 18.2 Å². The number of benzene rings is 1. The number of rotatable bonds is 2. The summed E-state index contributed by atoms with van der Waals surface area (Å²) in [6.45, 7) is 1.56. The molecule has 0 saturated carbocycles. The lowest BCUT2D eigenvalue weighted by molar-refractivity contribution is 0.0531. The quantitative estimate of drug-likeness (QED) is 0.858. The minimum absolute atomic E-state index is 0.159. The van der Waals surface area contributed by atoms with Crippen LogP contribution in [0.15, 0.2) is 35.1 Å². The summed E-state index contributed by atoms with van der Waals surface area (Å²) >= 11 is 11.8. The van der Waals surface area contributed by atoms with E-state index < -0.39 is 0 Å². The zero-order valence-electron chi connectivity index (χ0n) is 13.0. The Labute approximate surface area is 153 Å². The Kier molecular flexibility index (Phi) is 5.06. The third kappa shape index (κ3) is 3.83. The van der Waals surface area contributed by atoms with Crippen LogP contribution in [0, 0.1) is 0 Å². The Bertz CT molecular complexity index is 855. The first-order valence-electron chi connectivity index (χ1n) is 7.55. The van der Waals surface area contributed by atoms with Crippen LogP contribution in [-0.2, 0) is 0 Å². The number of H-pyrrole nitrogens is 1. The number of piperazine rings is 1. The van der Waals surface area contributed by atoms with Gasteiger partial charge in [0.05, 0.1) is 10.0 Å². The zero-order chi connectivity index (χ0) is 18.0. The van der Waals surface area contributed by atoms with E-state index >= 15 is 0 Å². The molecule has 1 aliphatic heterocycles. The fourth-order valence-corrected chi connectivity index (χ4v) is 2.85. The van der Waals surface area contributed by atoms with Gasteiger partial charge in [-0.2, -0.15) is 5.10 Å². The van der Waals surface area contributed by atoms with E-state index in [-0.39, 0.29) is 23.1 Å². The summed E-state index contributed by atoms with van der Waals surface area (Å²) in [5.41, 5.74) is 0.258. The predicted octanol–water partition coefficient (Wildman–Crippen LogP) is 1.67. The molecule has 0 bridgehead atoms. The molecule has 1 N–H and O–H groups in total. The van der Waals surface area contributed by atoms with Crippen LogP contribution in [0.3, 0.4) is 0 Å². The predicted molar refractivity (Wildman–Crippen MR) is 93.1 cm³/mol. The summed E-state index contributed by atoms with van der Waals surface area (Å²) in [5, 5.41) is 6.69. The van der Waals surface area contributed by atoms with Crippen molar-refractivity contribution in [1.82, 2.24) is 20.0 Å². The Morgan fingerprint density at radius 3 is 2.12 bits per heavy atom. The molecule has 0 radical (unpaired) electrons. The molecule has 0 spiro atoms. The standard InChI is InChI=1S/C16H14Cl2N4O3/c17-11-2-1-10(9-12(11)18)15(24)21-5-7-22(8-6-21)16(25)13-3-4-14(23)20-19-13/h1-4,9H,5-8H2,(H,20,23). The number of carbonyl (C=O) groups excluding carboxylic acids is 2. The molecule has 0 unspecified atom stereocenters. The van der Waals surface area contributed by atoms with Gasteiger partial charge in [0, 0.05) is 37.8 Å². The Morgan fingerprint density at radius 1 is 0.920 bits per heavy atom. The average molecular weight is 381 g/mol. The first kappa shape index (κ1) is 17.4. The van der Waals surface area contributed by atoms with Crippen LogP contribution in [0.5, 0.6) is 0 Å². The van der Waals surface area contributed by atoms with Gasteiger partial charge in [-0.1, -0.05) is 23.2 Å². The van der Waals surface area contributed by atoms with Gasteiger partial charge in [0.1, 0.15) is 5.69 Å². The maximum atomic E-state index is 12.5. The number of halogens is 2. The molecule has 25 heavy (non-hydrogen) atoms. The van der Waals surface area contributed by atoms with Crippen LogP contribution >= 0.6 is 23.2 Å². The third-order valence-corrected chi connectivity index (χ3v) is 4.66. The van der Waals surface area contributed by atoms with Crippen molar-refractivity contribution < 1.29 is 9.59 Å². The maximum Gasteiger partial charge on any atom is 0.274 e. The van der Waals surface area contributed by atoms with E-state index in [9.17, 15) is 14.4 Å². The minimum atomic E-state index is -0.367. The molecule has 1 aliphatic rings. The van der Waals surface area contributed by atoms with Crippen LogP contribution in [0.2, 0.25) is 10.0 Å². The first-order chi connectivity index (χ1) is 12.0. The number of carbonyl (C=O) groups is 2. The molecule has 2 amide bonds. The van der Waals surface area contributed by atoms with Gasteiger partial charge in [-0.25, -0.2) is 5.10 Å². The van der Waals surface area contributed by atoms with Crippen molar-refractivity contribution in [3.8, 4) is 0 Å². The highest BCUT2D eigenvalue weighted by Gasteiger charge is 2.26. The number of aromatic nitrogens is 2. The van der Waals surface area contributed by atoms with Gasteiger partial charge in [0.2, 0.25) is 0 Å². The highest BCUT2D eigenvalue weighted by Crippen LogP contribution is 2.23. The summed E-state index contributed by atoms with van der Waals surface area (Å²) in [6.07, 6.45) is 0. The molecule has 1 saturated heterocycles. The summed E-state index contributed by atoms with van der Waals surface area (Å²) in [7, 11) is 0. The zero-order valence-corrected chi connectivity index (χ0v) is 14.5. The summed E-state index contributed by atoms with van der Waals surface area (Å²) in [4.78, 5) is 39.1. The van der Waals surface area contributed by atoms with Crippen molar-refractivity contribution in [1.29, 1.82) is 0 Å². The highest BCUT2D eigenvalue weighted by molar-refractivity contribution is 6.42. The highest BCUT2D eigenvalue weighted by atomic mass is 35.5. The van der Waals surface area contributed by atoms with E-state index in [2.05, 4.69) is 10.2 Å². The fraction of sp³-hybridized carbons (Fsp3) is 0.250. The van der Waals surface area contributed by atoms with Crippen LogP contribution in [0.4, 0.5) is 0 Å². The largest absolute Gasteiger partial charge is 0.335 e. The van der Waals surface area contributed by atoms with Crippen molar-refractivity contribution in [2.24, 2.45) is 0 Å². The van der Waals surface area contributed by atoms with Gasteiger partial charge in [0.15, 0.2) is 0 Å². The number of hydrogen-bond acceptors (Lipinski definition) is 4. The summed E-state index contributed by atoms with van der Waals surface area (Å²) in [6, 6.07) is 7.38. The van der Waals surface area contributed by atoms with Crippen molar-refractivity contribution in [3.63, 3.8) is 0 Å². The van der Waals surface area contributed by atoms with Gasteiger partial charge < -0.3 is 9.80 Å². The molecule has 7 nitrogen and oxygen atoms in total. The lowest BCUT2D eigenvalue weighted by Crippen LogP contribution is -2.50. The molecule has 1 aromatic heterocycles. The normalized spacial score (nSPS) is 14.5. The summed E-state index contributed by atoms with van der Waals surface area (Å²) in [5.74, 6) is -0.439. The second kappa shape index (κ2) is 7.25. The molecule has 1 fully saturated rings. The van der Waals surface area contributed by atoms with Gasteiger partial charge in [-0.05, 0) is 24.3 Å². The smallest absolute Gasteiger partial charge is 0.274 e. The number of amides is 2. The lowest BCUT2D eigenvalue weighted by Gasteiger charge is -2.34.